The molecule has 27 heavy (non-hydrogen) atoms. The van der Waals surface area contributed by atoms with Gasteiger partial charge in [-0.3, -0.25) is 9.69 Å². The number of nitrogens with zero attached hydrogens (tertiary/aromatic N) is 2. The van der Waals surface area contributed by atoms with Gasteiger partial charge in [0.1, 0.15) is 10.1 Å². The fraction of sp³-hybridized carbons (Fsp3) is 0.429. The van der Waals surface area contributed by atoms with Crippen molar-refractivity contribution in [2.75, 3.05) is 25.6 Å². The van der Waals surface area contributed by atoms with Crippen molar-refractivity contribution >= 4 is 46.0 Å². The van der Waals surface area contributed by atoms with Crippen LogP contribution in [0.25, 0.3) is 6.08 Å². The Morgan fingerprint density at radius 2 is 2.15 bits per heavy atom. The normalized spacial score (nSPS) is 23.0. The van der Waals surface area contributed by atoms with Crippen LogP contribution in [0.3, 0.4) is 0 Å². The number of thiocarbonyl (C=S) groups is 1. The van der Waals surface area contributed by atoms with Crippen molar-refractivity contribution in [2.45, 2.75) is 38.6 Å². The van der Waals surface area contributed by atoms with Crippen LogP contribution in [-0.2, 0) is 4.79 Å². The number of methoxy groups -OCH3 is 1. The summed E-state index contributed by atoms with van der Waals surface area (Å²) in [6, 6.07) is 4.24. The Bertz CT molecular complexity index is 845. The average molecular weight is 403 g/mol. The first-order valence-electron chi connectivity index (χ1n) is 9.01. The Morgan fingerprint density at radius 3 is 2.78 bits per heavy atom. The van der Waals surface area contributed by atoms with E-state index in [1.807, 2.05) is 6.08 Å². The van der Waals surface area contributed by atoms with E-state index in [4.69, 9.17) is 17.0 Å². The fourth-order valence-corrected chi connectivity index (χ4v) is 5.09. The van der Waals surface area contributed by atoms with E-state index < -0.39 is 0 Å². The zero-order chi connectivity index (χ0) is 19.9. The minimum absolute atomic E-state index is 0.0732. The minimum atomic E-state index is -0.0732. The van der Waals surface area contributed by atoms with Gasteiger partial charge in [0, 0.05) is 36.4 Å². The quantitative estimate of drug-likeness (QED) is 0.410. The molecule has 0 bridgehead atoms. The molecular formula is C21H26N2O2S2. The van der Waals surface area contributed by atoms with Crippen molar-refractivity contribution in [3.8, 4) is 5.75 Å². The molecule has 0 aromatic heterocycles. The standard InChI is InChI=1S/C21H26N2O2S2/c1-7-8-23-19(24)18(27-20(23)26)10-14-9-15-13(2)12-21(3,4)22(5)16(15)11-17(14)25-6/h7,9-11,13H,1,8,12H2,2-6H3/b18-10+. The lowest BCUT2D eigenvalue weighted by Gasteiger charge is -2.45. The molecule has 1 fully saturated rings. The van der Waals surface area contributed by atoms with Gasteiger partial charge >= 0.3 is 0 Å². The molecule has 4 nitrogen and oxygen atoms in total. The Morgan fingerprint density at radius 1 is 1.44 bits per heavy atom. The lowest BCUT2D eigenvalue weighted by molar-refractivity contribution is -0.121. The molecule has 1 amide bonds. The highest BCUT2D eigenvalue weighted by Crippen LogP contribution is 2.45. The number of benzene rings is 1. The molecule has 1 saturated heterocycles. The highest BCUT2D eigenvalue weighted by molar-refractivity contribution is 8.26. The lowest BCUT2D eigenvalue weighted by atomic mass is 9.80. The predicted molar refractivity (Wildman–Crippen MR) is 119 cm³/mol. The van der Waals surface area contributed by atoms with E-state index >= 15 is 0 Å². The van der Waals surface area contributed by atoms with Gasteiger partial charge in [0.05, 0.1) is 12.0 Å². The molecule has 2 aliphatic rings. The van der Waals surface area contributed by atoms with Gasteiger partial charge in [0.15, 0.2) is 0 Å². The van der Waals surface area contributed by atoms with Crippen LogP contribution >= 0.6 is 24.0 Å². The second-order valence-corrected chi connectivity index (χ2v) is 9.39. The molecule has 1 unspecified atom stereocenters. The van der Waals surface area contributed by atoms with Crippen molar-refractivity contribution in [2.24, 2.45) is 0 Å². The number of amides is 1. The zero-order valence-corrected chi connectivity index (χ0v) is 18.2. The monoisotopic (exact) mass is 402 g/mol. The molecule has 144 valence electrons. The van der Waals surface area contributed by atoms with Gasteiger partial charge in [-0.1, -0.05) is 37.0 Å². The number of hydrogen-bond donors (Lipinski definition) is 0. The van der Waals surface area contributed by atoms with Gasteiger partial charge in [-0.25, -0.2) is 0 Å². The highest BCUT2D eigenvalue weighted by Gasteiger charge is 2.35. The zero-order valence-electron chi connectivity index (χ0n) is 16.5. The summed E-state index contributed by atoms with van der Waals surface area (Å²) in [4.78, 5) is 17.2. The summed E-state index contributed by atoms with van der Waals surface area (Å²) < 4.78 is 6.22. The van der Waals surface area contributed by atoms with Crippen LogP contribution in [0.1, 0.15) is 44.2 Å². The van der Waals surface area contributed by atoms with E-state index in [-0.39, 0.29) is 11.4 Å². The first-order valence-corrected chi connectivity index (χ1v) is 10.2. The minimum Gasteiger partial charge on any atom is -0.496 e. The number of anilines is 1. The van der Waals surface area contributed by atoms with E-state index in [0.29, 0.717) is 21.7 Å². The summed E-state index contributed by atoms with van der Waals surface area (Å²) in [5, 5.41) is 0. The second-order valence-electron chi connectivity index (χ2n) is 7.71. The molecule has 6 heteroatoms. The van der Waals surface area contributed by atoms with Crippen molar-refractivity contribution in [3.63, 3.8) is 0 Å². The number of carbonyl (C=O) groups excluding carboxylic acids is 1. The number of rotatable bonds is 4. The number of ether oxygens (including phenoxy) is 1. The number of carbonyl (C=O) groups is 1. The van der Waals surface area contributed by atoms with Gasteiger partial charge < -0.3 is 9.64 Å². The van der Waals surface area contributed by atoms with E-state index in [1.54, 1.807) is 18.1 Å². The third-order valence-electron chi connectivity index (χ3n) is 5.46. The first kappa shape index (κ1) is 20.0. The van der Waals surface area contributed by atoms with Gasteiger partial charge in [0.2, 0.25) is 0 Å². The van der Waals surface area contributed by atoms with Crippen LogP contribution in [0.4, 0.5) is 5.69 Å². The van der Waals surface area contributed by atoms with Crippen LogP contribution in [0, 0.1) is 0 Å². The van der Waals surface area contributed by atoms with E-state index in [2.05, 4.69) is 51.4 Å². The maximum Gasteiger partial charge on any atom is 0.266 e. The van der Waals surface area contributed by atoms with E-state index in [0.717, 1.165) is 17.7 Å². The molecular weight excluding hydrogens is 376 g/mol. The summed E-state index contributed by atoms with van der Waals surface area (Å²) in [6.45, 7) is 10.9. The first-order chi connectivity index (χ1) is 12.7. The molecule has 0 N–H and O–H groups in total. The van der Waals surface area contributed by atoms with Gasteiger partial charge in [-0.2, -0.15) is 0 Å². The fourth-order valence-electron chi connectivity index (χ4n) is 3.83. The highest BCUT2D eigenvalue weighted by atomic mass is 32.2. The number of fused-ring (bicyclic) bond motifs is 1. The Balaban J connectivity index is 2.05. The van der Waals surface area contributed by atoms with Crippen LogP contribution in [0.2, 0.25) is 0 Å². The average Bonchev–Trinajstić information content (AvgIpc) is 2.87. The predicted octanol–water partition coefficient (Wildman–Crippen LogP) is 4.80. The summed E-state index contributed by atoms with van der Waals surface area (Å²) in [5.74, 6) is 1.12. The SMILES string of the molecule is C=CCN1C(=O)/C(=C\c2cc3c(cc2OC)N(C)C(C)(C)CC3C)SC1=S. The topological polar surface area (TPSA) is 32.8 Å². The maximum absolute atomic E-state index is 12.7. The molecule has 3 rings (SSSR count). The van der Waals surface area contributed by atoms with Crippen LogP contribution < -0.4 is 9.64 Å². The number of thioether (sulfide) groups is 1. The van der Waals surface area contributed by atoms with Gasteiger partial charge in [-0.05, 0) is 43.9 Å². The smallest absolute Gasteiger partial charge is 0.266 e. The Kier molecular flexibility index (Phi) is 5.41. The van der Waals surface area contributed by atoms with Crippen LogP contribution in [0.15, 0.2) is 29.7 Å². The molecule has 1 atom stereocenters. The summed E-state index contributed by atoms with van der Waals surface area (Å²) in [7, 11) is 3.80. The Hall–Kier alpha value is -1.79. The molecule has 1 aromatic carbocycles. The molecule has 2 aliphatic heterocycles. The van der Waals surface area contributed by atoms with E-state index in [1.165, 1.54) is 23.0 Å². The lowest BCUT2D eigenvalue weighted by Crippen LogP contribution is -2.45. The van der Waals surface area contributed by atoms with Crippen molar-refractivity contribution in [1.29, 1.82) is 0 Å². The molecule has 0 spiro atoms. The largest absolute Gasteiger partial charge is 0.496 e. The molecule has 2 heterocycles. The summed E-state index contributed by atoms with van der Waals surface area (Å²) in [6.07, 6.45) is 4.66. The summed E-state index contributed by atoms with van der Waals surface area (Å²) in [5.41, 5.74) is 3.47. The molecule has 0 saturated carbocycles. The van der Waals surface area contributed by atoms with Gasteiger partial charge in [0.25, 0.3) is 5.91 Å². The second kappa shape index (κ2) is 7.32. The van der Waals surface area contributed by atoms with Crippen molar-refractivity contribution < 1.29 is 9.53 Å². The maximum atomic E-state index is 12.7. The molecule has 1 aromatic rings. The molecule has 0 aliphatic carbocycles. The summed E-state index contributed by atoms with van der Waals surface area (Å²) >= 11 is 6.67. The van der Waals surface area contributed by atoms with Gasteiger partial charge in [-0.15, -0.1) is 6.58 Å². The van der Waals surface area contributed by atoms with E-state index in [9.17, 15) is 4.79 Å². The third kappa shape index (κ3) is 3.52. The van der Waals surface area contributed by atoms with Crippen molar-refractivity contribution in [1.82, 2.24) is 4.90 Å². The van der Waals surface area contributed by atoms with Crippen LogP contribution in [0.5, 0.6) is 5.75 Å². The Labute approximate surface area is 171 Å². The van der Waals surface area contributed by atoms with Crippen LogP contribution in [-0.4, -0.2) is 41.4 Å². The molecule has 0 radical (unpaired) electrons. The third-order valence-corrected chi connectivity index (χ3v) is 6.83. The number of hydrogen-bond acceptors (Lipinski definition) is 5. The van der Waals surface area contributed by atoms with Crippen molar-refractivity contribution in [3.05, 3.63) is 40.8 Å².